The molecule has 4 heterocycles. The normalized spacial score (nSPS) is 13.2. The number of benzene rings is 1. The fourth-order valence-corrected chi connectivity index (χ4v) is 3.80. The zero-order valence-electron chi connectivity index (χ0n) is 19.4. The number of hydrogen-bond donors (Lipinski definition) is 2. The third kappa shape index (κ3) is 4.75. The number of nitrogens with one attached hydrogen (secondary N) is 2. The SMILES string of the molecule is C=CC(=O)Nc1cccc(Oc2nc(Nc3nc4c(cc3OC)CN(C)CC4)nc3ccnn23)c1. The first-order valence-corrected chi connectivity index (χ1v) is 11.0. The average Bonchev–Trinajstić information content (AvgIpc) is 3.33. The maximum atomic E-state index is 11.6. The fourth-order valence-electron chi connectivity index (χ4n) is 3.80. The molecule has 1 amide bonds. The Labute approximate surface area is 201 Å². The molecule has 0 atom stereocenters. The van der Waals surface area contributed by atoms with Crippen molar-refractivity contribution in [3.63, 3.8) is 0 Å². The van der Waals surface area contributed by atoms with Crippen LogP contribution in [0.3, 0.4) is 0 Å². The molecule has 2 N–H and O–H groups in total. The minimum atomic E-state index is -0.316. The van der Waals surface area contributed by atoms with Crippen LogP contribution in [0.5, 0.6) is 17.5 Å². The standard InChI is InChI=1S/C24H24N8O3/c1-4-21(33)26-16-6-5-7-17(13-16)35-24-30-23(28-20-8-10-25-32(20)24)29-22-19(34-3)12-15-14-31(2)11-9-18(15)27-22/h4-8,10,12-13H,1,9,11,14H2,2-3H3,(H,26,33)(H,27,28,29). The number of hydrogen-bond acceptors (Lipinski definition) is 9. The van der Waals surface area contributed by atoms with Crippen molar-refractivity contribution in [3.8, 4) is 17.5 Å². The van der Waals surface area contributed by atoms with Gasteiger partial charge in [-0.05, 0) is 36.9 Å². The molecule has 0 saturated heterocycles. The first-order chi connectivity index (χ1) is 17.0. The molecule has 5 rings (SSSR count). The molecule has 0 spiro atoms. The summed E-state index contributed by atoms with van der Waals surface area (Å²) in [7, 11) is 3.69. The summed E-state index contributed by atoms with van der Waals surface area (Å²) in [5.41, 5.74) is 3.25. The molecule has 11 heteroatoms. The van der Waals surface area contributed by atoms with Gasteiger partial charge in [-0.25, -0.2) is 4.98 Å². The Balaban J connectivity index is 1.46. The van der Waals surface area contributed by atoms with Crippen molar-refractivity contribution in [2.24, 2.45) is 0 Å². The summed E-state index contributed by atoms with van der Waals surface area (Å²) in [5, 5.41) is 10.1. The number of carbonyl (C=O) groups excluding carboxylic acids is 1. The monoisotopic (exact) mass is 472 g/mol. The molecule has 0 aliphatic carbocycles. The van der Waals surface area contributed by atoms with Gasteiger partial charge < -0.3 is 25.0 Å². The van der Waals surface area contributed by atoms with Gasteiger partial charge in [0.05, 0.1) is 13.3 Å². The average molecular weight is 473 g/mol. The lowest BCUT2D eigenvalue weighted by molar-refractivity contribution is -0.111. The summed E-state index contributed by atoms with van der Waals surface area (Å²) in [4.78, 5) is 27.7. The zero-order valence-corrected chi connectivity index (χ0v) is 19.4. The molecule has 1 aliphatic rings. The van der Waals surface area contributed by atoms with Crippen LogP contribution in [-0.2, 0) is 17.8 Å². The summed E-state index contributed by atoms with van der Waals surface area (Å²) in [6.07, 6.45) is 3.65. The van der Waals surface area contributed by atoms with Crippen LogP contribution >= 0.6 is 0 Å². The van der Waals surface area contributed by atoms with Gasteiger partial charge in [0, 0.05) is 43.0 Å². The van der Waals surface area contributed by atoms with Crippen LogP contribution in [0.15, 0.2) is 55.3 Å². The summed E-state index contributed by atoms with van der Waals surface area (Å²) < 4.78 is 13.1. The number of pyridine rings is 1. The Hall–Kier alpha value is -4.51. The Kier molecular flexibility index (Phi) is 5.98. The minimum absolute atomic E-state index is 0.188. The number of ether oxygens (including phenoxy) is 2. The second-order valence-electron chi connectivity index (χ2n) is 8.01. The molecule has 1 aliphatic heterocycles. The highest BCUT2D eigenvalue weighted by Crippen LogP contribution is 2.31. The molecule has 1 aromatic carbocycles. The fraction of sp³-hybridized carbons (Fsp3) is 0.208. The van der Waals surface area contributed by atoms with E-state index in [9.17, 15) is 4.79 Å². The first kappa shape index (κ1) is 22.3. The number of fused-ring (bicyclic) bond motifs is 2. The zero-order chi connectivity index (χ0) is 24.4. The number of nitrogens with zero attached hydrogens (tertiary/aromatic N) is 6. The third-order valence-corrected chi connectivity index (χ3v) is 5.50. The molecule has 4 aromatic rings. The van der Waals surface area contributed by atoms with Crippen molar-refractivity contribution in [2.45, 2.75) is 13.0 Å². The predicted molar refractivity (Wildman–Crippen MR) is 130 cm³/mol. The molecule has 0 saturated carbocycles. The van der Waals surface area contributed by atoms with Crippen molar-refractivity contribution in [3.05, 3.63) is 66.5 Å². The van der Waals surface area contributed by atoms with Crippen LogP contribution in [0.25, 0.3) is 5.65 Å². The second-order valence-corrected chi connectivity index (χ2v) is 8.01. The van der Waals surface area contributed by atoms with Gasteiger partial charge in [-0.2, -0.15) is 19.6 Å². The number of carbonyl (C=O) groups is 1. The number of likely N-dealkylation sites (N-methyl/N-ethyl adjacent to an activating group) is 1. The van der Waals surface area contributed by atoms with E-state index in [4.69, 9.17) is 14.5 Å². The van der Waals surface area contributed by atoms with Crippen molar-refractivity contribution < 1.29 is 14.3 Å². The maximum Gasteiger partial charge on any atom is 0.328 e. The number of aromatic nitrogens is 5. The van der Waals surface area contributed by atoms with Gasteiger partial charge in [-0.1, -0.05) is 12.6 Å². The molecular weight excluding hydrogens is 448 g/mol. The molecule has 0 radical (unpaired) electrons. The van der Waals surface area contributed by atoms with Crippen molar-refractivity contribution in [1.29, 1.82) is 0 Å². The van der Waals surface area contributed by atoms with Gasteiger partial charge in [-0.3, -0.25) is 4.79 Å². The van der Waals surface area contributed by atoms with Crippen molar-refractivity contribution >= 4 is 29.0 Å². The lowest BCUT2D eigenvalue weighted by Crippen LogP contribution is -2.27. The first-order valence-electron chi connectivity index (χ1n) is 11.0. The van der Waals surface area contributed by atoms with Crippen molar-refractivity contribution in [1.82, 2.24) is 29.5 Å². The van der Waals surface area contributed by atoms with Crippen LogP contribution in [-0.4, -0.2) is 56.1 Å². The van der Waals surface area contributed by atoms with Gasteiger partial charge in [0.15, 0.2) is 17.2 Å². The summed E-state index contributed by atoms with van der Waals surface area (Å²) in [6, 6.07) is 10.9. The second kappa shape index (κ2) is 9.39. The van der Waals surface area contributed by atoms with E-state index in [0.29, 0.717) is 28.7 Å². The molecule has 0 fully saturated rings. The minimum Gasteiger partial charge on any atom is -0.493 e. The molecule has 178 valence electrons. The summed E-state index contributed by atoms with van der Waals surface area (Å²) >= 11 is 0. The van der Waals surface area contributed by atoms with Gasteiger partial charge in [-0.15, -0.1) is 0 Å². The number of rotatable bonds is 7. The Morgan fingerprint density at radius 1 is 1.20 bits per heavy atom. The van der Waals surface area contributed by atoms with E-state index in [2.05, 4.69) is 44.2 Å². The molecule has 35 heavy (non-hydrogen) atoms. The number of methoxy groups -OCH3 is 1. The van der Waals surface area contributed by atoms with E-state index in [1.54, 1.807) is 43.6 Å². The van der Waals surface area contributed by atoms with E-state index < -0.39 is 0 Å². The Morgan fingerprint density at radius 3 is 2.91 bits per heavy atom. The van der Waals surface area contributed by atoms with Crippen molar-refractivity contribution in [2.75, 3.05) is 31.3 Å². The molecular formula is C24H24N8O3. The van der Waals surface area contributed by atoms with E-state index in [-0.39, 0.29) is 17.9 Å². The van der Waals surface area contributed by atoms with E-state index >= 15 is 0 Å². The quantitative estimate of drug-likeness (QED) is 0.391. The van der Waals surface area contributed by atoms with Crippen LogP contribution in [0.4, 0.5) is 17.5 Å². The van der Waals surface area contributed by atoms with Crippen LogP contribution in [0, 0.1) is 0 Å². The Morgan fingerprint density at radius 2 is 2.09 bits per heavy atom. The van der Waals surface area contributed by atoms with E-state index in [1.165, 1.54) is 10.6 Å². The third-order valence-electron chi connectivity index (χ3n) is 5.50. The summed E-state index contributed by atoms with van der Waals surface area (Å²) in [5.74, 6) is 1.55. The molecule has 0 unspecified atom stereocenters. The highest BCUT2D eigenvalue weighted by molar-refractivity contribution is 5.98. The molecule has 0 bridgehead atoms. The largest absolute Gasteiger partial charge is 0.493 e. The molecule has 3 aromatic heterocycles. The van der Waals surface area contributed by atoms with Crippen LogP contribution in [0.1, 0.15) is 11.3 Å². The maximum absolute atomic E-state index is 11.6. The highest BCUT2D eigenvalue weighted by Gasteiger charge is 2.20. The van der Waals surface area contributed by atoms with E-state index in [1.807, 2.05) is 6.07 Å². The summed E-state index contributed by atoms with van der Waals surface area (Å²) in [6.45, 7) is 5.22. The topological polar surface area (TPSA) is 119 Å². The number of anilines is 3. The smallest absolute Gasteiger partial charge is 0.328 e. The van der Waals surface area contributed by atoms with Crippen LogP contribution < -0.4 is 20.1 Å². The highest BCUT2D eigenvalue weighted by atomic mass is 16.5. The van der Waals surface area contributed by atoms with Gasteiger partial charge >= 0.3 is 6.01 Å². The van der Waals surface area contributed by atoms with Crippen LogP contribution in [0.2, 0.25) is 0 Å². The predicted octanol–water partition coefficient (Wildman–Crippen LogP) is 3.18. The van der Waals surface area contributed by atoms with E-state index in [0.717, 1.165) is 30.8 Å². The molecule has 11 nitrogen and oxygen atoms in total. The van der Waals surface area contributed by atoms with Gasteiger partial charge in [0.1, 0.15) is 5.75 Å². The lowest BCUT2D eigenvalue weighted by Gasteiger charge is -2.25. The lowest BCUT2D eigenvalue weighted by atomic mass is 10.1. The van der Waals surface area contributed by atoms with Gasteiger partial charge in [0.2, 0.25) is 11.9 Å². The number of amides is 1. The van der Waals surface area contributed by atoms with Gasteiger partial charge in [0.25, 0.3) is 0 Å². The Bertz CT molecular complexity index is 1420.